The molecule has 3 rings (SSSR count). The van der Waals surface area contributed by atoms with Crippen LogP contribution in [0.2, 0.25) is 0 Å². The molecule has 0 aliphatic heterocycles. The number of nitrogens with one attached hydrogen (secondary N) is 2. The highest BCUT2D eigenvalue weighted by Gasteiger charge is 2.24. The predicted molar refractivity (Wildman–Crippen MR) is 112 cm³/mol. The molecule has 0 spiro atoms. The number of carbonyl (C=O) groups excluding carboxylic acids is 1. The minimum Gasteiger partial charge on any atom is -0.323 e. The van der Waals surface area contributed by atoms with Crippen molar-refractivity contribution >= 4 is 45.3 Å². The molecule has 9 heteroatoms. The van der Waals surface area contributed by atoms with E-state index in [0.29, 0.717) is 22.0 Å². The van der Waals surface area contributed by atoms with Crippen LogP contribution in [0, 0.1) is 34.3 Å². The first kappa shape index (κ1) is 19.9. The Morgan fingerprint density at radius 2 is 2.21 bits per heavy atom. The number of nitro groups is 1. The van der Waals surface area contributed by atoms with Crippen LogP contribution >= 0.6 is 23.6 Å². The maximum Gasteiger partial charge on any atom is 0.273 e. The molecule has 1 aromatic heterocycles. The van der Waals surface area contributed by atoms with E-state index >= 15 is 0 Å². The third-order valence-electron chi connectivity index (χ3n) is 4.75. The number of rotatable bonds is 3. The van der Waals surface area contributed by atoms with Gasteiger partial charge in [-0.15, -0.1) is 11.3 Å². The summed E-state index contributed by atoms with van der Waals surface area (Å²) in [6.45, 7) is 3.79. The third kappa shape index (κ3) is 4.03. The van der Waals surface area contributed by atoms with Crippen molar-refractivity contribution in [3.05, 3.63) is 55.4 Å². The molecule has 1 aromatic carbocycles. The quantitative estimate of drug-likeness (QED) is 0.445. The second-order valence-corrected chi connectivity index (χ2v) is 8.35. The van der Waals surface area contributed by atoms with E-state index in [4.69, 9.17) is 12.2 Å². The Labute approximate surface area is 171 Å². The fourth-order valence-electron chi connectivity index (χ4n) is 3.21. The Bertz CT molecular complexity index is 1020. The first-order valence-corrected chi connectivity index (χ1v) is 9.94. The molecule has 0 saturated carbocycles. The van der Waals surface area contributed by atoms with Crippen LogP contribution in [-0.2, 0) is 12.8 Å². The Hall–Kier alpha value is -2.83. The van der Waals surface area contributed by atoms with Crippen molar-refractivity contribution in [3.8, 4) is 6.07 Å². The summed E-state index contributed by atoms with van der Waals surface area (Å²) in [6.07, 6.45) is 2.84. The number of aryl methyl sites for hydroxylation is 1. The summed E-state index contributed by atoms with van der Waals surface area (Å²) in [5.74, 6) is 0.0311. The number of benzene rings is 1. The van der Waals surface area contributed by atoms with Crippen molar-refractivity contribution in [2.24, 2.45) is 5.92 Å². The summed E-state index contributed by atoms with van der Waals surface area (Å²) in [4.78, 5) is 24.1. The van der Waals surface area contributed by atoms with Crippen molar-refractivity contribution in [1.29, 1.82) is 5.26 Å². The number of nitro benzene ring substituents is 1. The molecule has 0 radical (unpaired) electrons. The van der Waals surface area contributed by atoms with Gasteiger partial charge in [0.25, 0.3) is 11.6 Å². The lowest BCUT2D eigenvalue weighted by atomic mass is 9.89. The van der Waals surface area contributed by atoms with Gasteiger partial charge in [0.05, 0.1) is 10.5 Å². The van der Waals surface area contributed by atoms with Gasteiger partial charge in [-0.25, -0.2) is 0 Å². The molecule has 1 heterocycles. The van der Waals surface area contributed by atoms with Gasteiger partial charge in [-0.1, -0.05) is 13.0 Å². The Morgan fingerprint density at radius 3 is 2.89 bits per heavy atom. The first-order valence-electron chi connectivity index (χ1n) is 8.72. The number of anilines is 1. The highest BCUT2D eigenvalue weighted by molar-refractivity contribution is 7.80. The molecule has 1 aliphatic rings. The first-order chi connectivity index (χ1) is 13.3. The smallest absolute Gasteiger partial charge is 0.273 e. The molecular weight excluding hydrogens is 396 g/mol. The Balaban J connectivity index is 1.75. The van der Waals surface area contributed by atoms with E-state index in [0.717, 1.165) is 24.8 Å². The predicted octanol–water partition coefficient (Wildman–Crippen LogP) is 4.09. The number of thiophene rings is 1. The van der Waals surface area contributed by atoms with Crippen molar-refractivity contribution in [2.45, 2.75) is 33.1 Å². The fourth-order valence-corrected chi connectivity index (χ4v) is 4.84. The number of hydrogen-bond donors (Lipinski definition) is 2. The topological polar surface area (TPSA) is 108 Å². The monoisotopic (exact) mass is 414 g/mol. The normalized spacial score (nSPS) is 15.2. The van der Waals surface area contributed by atoms with E-state index < -0.39 is 10.8 Å². The van der Waals surface area contributed by atoms with E-state index in [1.807, 2.05) is 0 Å². The number of amides is 1. The van der Waals surface area contributed by atoms with Gasteiger partial charge in [0.15, 0.2) is 5.11 Å². The van der Waals surface area contributed by atoms with Crippen LogP contribution in [0.5, 0.6) is 0 Å². The SMILES string of the molecule is Cc1ccc(C(=O)NC(=S)Nc2sc3c(c2C#N)CCC(C)C3)cc1[N+](=O)[O-]. The number of nitrogens with zero attached hydrogens (tertiary/aromatic N) is 2. The molecule has 0 fully saturated rings. The van der Waals surface area contributed by atoms with E-state index in [9.17, 15) is 20.2 Å². The van der Waals surface area contributed by atoms with Crippen LogP contribution in [0.15, 0.2) is 18.2 Å². The molecule has 144 valence electrons. The molecule has 0 bridgehead atoms. The van der Waals surface area contributed by atoms with Crippen LogP contribution in [0.1, 0.15) is 45.3 Å². The average molecular weight is 415 g/mol. The minimum atomic E-state index is -0.547. The van der Waals surface area contributed by atoms with Crippen molar-refractivity contribution in [3.63, 3.8) is 0 Å². The summed E-state index contributed by atoms with van der Waals surface area (Å²) in [6, 6.07) is 6.48. The largest absolute Gasteiger partial charge is 0.323 e. The van der Waals surface area contributed by atoms with Gasteiger partial charge in [-0.3, -0.25) is 20.2 Å². The molecule has 2 N–H and O–H groups in total. The lowest BCUT2D eigenvalue weighted by molar-refractivity contribution is -0.385. The zero-order valence-corrected chi connectivity index (χ0v) is 17.0. The zero-order chi connectivity index (χ0) is 20.4. The van der Waals surface area contributed by atoms with E-state index in [1.54, 1.807) is 6.92 Å². The highest BCUT2D eigenvalue weighted by atomic mass is 32.1. The van der Waals surface area contributed by atoms with Gasteiger partial charge in [-0.2, -0.15) is 5.26 Å². The molecule has 2 aromatic rings. The summed E-state index contributed by atoms with van der Waals surface area (Å²) in [5.41, 5.74) is 2.13. The van der Waals surface area contributed by atoms with Gasteiger partial charge >= 0.3 is 0 Å². The molecule has 1 unspecified atom stereocenters. The van der Waals surface area contributed by atoms with Gasteiger partial charge in [0.1, 0.15) is 11.1 Å². The Morgan fingerprint density at radius 1 is 1.46 bits per heavy atom. The number of carbonyl (C=O) groups is 1. The number of nitriles is 1. The average Bonchev–Trinajstić information content (AvgIpc) is 2.97. The molecular formula is C19H18N4O3S2. The van der Waals surface area contributed by atoms with E-state index in [1.165, 1.54) is 34.4 Å². The molecule has 1 aliphatic carbocycles. The van der Waals surface area contributed by atoms with E-state index in [2.05, 4.69) is 23.6 Å². The summed E-state index contributed by atoms with van der Waals surface area (Å²) in [7, 11) is 0. The second-order valence-electron chi connectivity index (χ2n) is 6.83. The second kappa shape index (κ2) is 8.04. The minimum absolute atomic E-state index is 0.0522. The van der Waals surface area contributed by atoms with Crippen LogP contribution in [0.25, 0.3) is 0 Å². The molecule has 0 saturated heterocycles. The fraction of sp³-hybridized carbons (Fsp3) is 0.316. The lowest BCUT2D eigenvalue weighted by Gasteiger charge is -2.17. The van der Waals surface area contributed by atoms with Gasteiger partial charge in [-0.05, 0) is 56.0 Å². The number of fused-ring (bicyclic) bond motifs is 1. The van der Waals surface area contributed by atoms with Crippen molar-refractivity contribution in [2.75, 3.05) is 5.32 Å². The molecule has 7 nitrogen and oxygen atoms in total. The zero-order valence-electron chi connectivity index (χ0n) is 15.4. The standard InChI is InChI=1S/C19H18N4O3S2/c1-10-3-6-13-14(9-20)18(28-16(13)7-10)22-19(27)21-17(24)12-5-4-11(2)15(8-12)23(25)26/h4-5,8,10H,3,6-7H2,1-2H3,(H2,21,22,24,27). The summed E-state index contributed by atoms with van der Waals surface area (Å²) < 4.78 is 0. The highest BCUT2D eigenvalue weighted by Crippen LogP contribution is 2.39. The van der Waals surface area contributed by atoms with Crippen LogP contribution in [0.4, 0.5) is 10.7 Å². The van der Waals surface area contributed by atoms with Crippen molar-refractivity contribution < 1.29 is 9.72 Å². The van der Waals surface area contributed by atoms with Gasteiger partial charge in [0, 0.05) is 22.1 Å². The summed E-state index contributed by atoms with van der Waals surface area (Å²) in [5, 5.41) is 26.7. The van der Waals surface area contributed by atoms with Crippen molar-refractivity contribution in [1.82, 2.24) is 5.32 Å². The summed E-state index contributed by atoms with van der Waals surface area (Å²) >= 11 is 6.70. The number of hydrogen-bond acceptors (Lipinski definition) is 6. The Kier molecular flexibility index (Phi) is 5.72. The maximum atomic E-state index is 12.4. The maximum absolute atomic E-state index is 12.4. The molecule has 1 amide bonds. The third-order valence-corrected chi connectivity index (χ3v) is 6.12. The number of thiocarbonyl (C=S) groups is 1. The van der Waals surface area contributed by atoms with E-state index in [-0.39, 0.29) is 16.4 Å². The van der Waals surface area contributed by atoms with Crippen LogP contribution < -0.4 is 10.6 Å². The molecule has 28 heavy (non-hydrogen) atoms. The lowest BCUT2D eigenvalue weighted by Crippen LogP contribution is -2.34. The van der Waals surface area contributed by atoms with Crippen LogP contribution in [-0.4, -0.2) is 15.9 Å². The van der Waals surface area contributed by atoms with Gasteiger partial charge < -0.3 is 5.32 Å². The van der Waals surface area contributed by atoms with Gasteiger partial charge in [0.2, 0.25) is 0 Å². The van der Waals surface area contributed by atoms with Crippen LogP contribution in [0.3, 0.4) is 0 Å². The molecule has 1 atom stereocenters.